The molecule has 196 valence electrons. The summed E-state index contributed by atoms with van der Waals surface area (Å²) in [5.41, 5.74) is 15.0. The molecule has 0 aromatic heterocycles. The Morgan fingerprint density at radius 2 is 1.82 bits per heavy atom. The summed E-state index contributed by atoms with van der Waals surface area (Å²) in [5, 5.41) is 9.00. The number of aliphatic imine (C=N–C) groups is 1. The van der Waals surface area contributed by atoms with Crippen LogP contribution in [-0.4, -0.2) is 30.4 Å². The molecule has 1 aliphatic heterocycles. The number of hydrogen-bond acceptors (Lipinski definition) is 4. The first-order valence-corrected chi connectivity index (χ1v) is 13.2. The molecule has 5 nitrogen and oxygen atoms in total. The zero-order chi connectivity index (χ0) is 27.2. The Labute approximate surface area is 226 Å². The van der Waals surface area contributed by atoms with E-state index in [1.165, 1.54) is 28.5 Å². The zero-order valence-corrected chi connectivity index (χ0v) is 22.6. The highest BCUT2D eigenvalue weighted by Gasteiger charge is 2.33. The van der Waals surface area contributed by atoms with E-state index >= 15 is 0 Å². The van der Waals surface area contributed by atoms with Gasteiger partial charge in [0.05, 0.1) is 6.04 Å². The van der Waals surface area contributed by atoms with Gasteiger partial charge in [0.1, 0.15) is 0 Å². The van der Waals surface area contributed by atoms with Crippen LogP contribution >= 0.6 is 0 Å². The molecule has 5 heteroatoms. The van der Waals surface area contributed by atoms with E-state index in [9.17, 15) is 4.79 Å². The van der Waals surface area contributed by atoms with E-state index in [0.29, 0.717) is 5.92 Å². The van der Waals surface area contributed by atoms with Gasteiger partial charge in [-0.2, -0.15) is 0 Å². The molecule has 0 spiro atoms. The topological polar surface area (TPSA) is 78.9 Å². The van der Waals surface area contributed by atoms with Crippen molar-refractivity contribution in [3.05, 3.63) is 112 Å². The Morgan fingerprint density at radius 1 is 1.11 bits per heavy atom. The molecule has 3 aromatic rings. The summed E-state index contributed by atoms with van der Waals surface area (Å²) in [6, 6.07) is 24.0. The van der Waals surface area contributed by atoms with Crippen molar-refractivity contribution in [2.75, 3.05) is 11.9 Å². The van der Waals surface area contributed by atoms with Crippen molar-refractivity contribution in [1.29, 1.82) is 0 Å². The van der Waals surface area contributed by atoms with Gasteiger partial charge in [0.15, 0.2) is 0 Å². The molecule has 0 saturated carbocycles. The van der Waals surface area contributed by atoms with Gasteiger partial charge in [-0.05, 0) is 77.3 Å². The predicted molar refractivity (Wildman–Crippen MR) is 159 cm³/mol. The summed E-state index contributed by atoms with van der Waals surface area (Å²) in [6.45, 7) is 6.77. The van der Waals surface area contributed by atoms with Crippen molar-refractivity contribution in [1.82, 2.24) is 0 Å². The third-order valence-corrected chi connectivity index (χ3v) is 7.04. The van der Waals surface area contributed by atoms with E-state index in [2.05, 4.69) is 85.3 Å². The van der Waals surface area contributed by atoms with Crippen LogP contribution in [0.5, 0.6) is 0 Å². The van der Waals surface area contributed by atoms with Gasteiger partial charge in [-0.1, -0.05) is 68.4 Å². The van der Waals surface area contributed by atoms with Crippen LogP contribution in [0.2, 0.25) is 0 Å². The summed E-state index contributed by atoms with van der Waals surface area (Å²) in [5.74, 6) is -0.339. The molecule has 0 fully saturated rings. The van der Waals surface area contributed by atoms with Crippen LogP contribution < -0.4 is 10.6 Å². The standard InChI is InChI=1S/C33H37N3O2/c1-22(2)17-25-7-13-30(14-8-25)36-23(3)18-28-19-27(29(20-34)21-35-4)12-15-31(28)33(36)26-10-5-24(6-11-26)9-16-32(37)38/h5-16,19-23,33H,17-18,34H2,1-4H3,(H,37,38)/b16-9+,29-20?,35-21?. The van der Waals surface area contributed by atoms with Crippen LogP contribution in [0.4, 0.5) is 5.69 Å². The lowest BCUT2D eigenvalue weighted by atomic mass is 9.83. The SMILES string of the molecule is CN=CC(=CN)c1ccc2c(c1)CC(C)N(c1ccc(CC(C)C)cc1)C2c1ccc(/C=C/C(=O)O)cc1. The van der Waals surface area contributed by atoms with E-state index in [0.717, 1.165) is 35.1 Å². The summed E-state index contributed by atoms with van der Waals surface area (Å²) in [4.78, 5) is 17.6. The van der Waals surface area contributed by atoms with Gasteiger partial charge in [-0.3, -0.25) is 4.99 Å². The number of nitrogens with two attached hydrogens (primary N) is 1. The molecular formula is C33H37N3O2. The normalized spacial score (nSPS) is 17.9. The maximum absolute atomic E-state index is 11.0. The highest BCUT2D eigenvalue weighted by atomic mass is 16.4. The molecule has 38 heavy (non-hydrogen) atoms. The fourth-order valence-electron chi connectivity index (χ4n) is 5.38. The van der Waals surface area contributed by atoms with Crippen molar-refractivity contribution in [3.63, 3.8) is 0 Å². The van der Waals surface area contributed by atoms with Gasteiger partial charge in [-0.25, -0.2) is 4.79 Å². The molecule has 3 N–H and O–H groups in total. The first-order chi connectivity index (χ1) is 18.3. The summed E-state index contributed by atoms with van der Waals surface area (Å²) < 4.78 is 0. The van der Waals surface area contributed by atoms with Crippen LogP contribution in [0.1, 0.15) is 60.2 Å². The van der Waals surface area contributed by atoms with E-state index in [1.807, 2.05) is 12.1 Å². The average Bonchev–Trinajstić information content (AvgIpc) is 2.90. The fourth-order valence-corrected chi connectivity index (χ4v) is 5.38. The van der Waals surface area contributed by atoms with Crippen molar-refractivity contribution >= 4 is 29.5 Å². The van der Waals surface area contributed by atoms with Crippen LogP contribution in [0.3, 0.4) is 0 Å². The van der Waals surface area contributed by atoms with Crippen molar-refractivity contribution < 1.29 is 9.90 Å². The Kier molecular flexibility index (Phi) is 8.47. The van der Waals surface area contributed by atoms with Crippen LogP contribution in [-0.2, 0) is 17.6 Å². The molecule has 0 saturated heterocycles. The number of hydrogen-bond donors (Lipinski definition) is 2. The number of carbonyl (C=O) groups is 1. The largest absolute Gasteiger partial charge is 0.478 e. The number of carboxylic acids is 1. The van der Waals surface area contributed by atoms with Gasteiger partial charge >= 0.3 is 5.97 Å². The van der Waals surface area contributed by atoms with E-state index in [1.54, 1.807) is 25.5 Å². The number of benzene rings is 3. The lowest BCUT2D eigenvalue weighted by Crippen LogP contribution is -2.43. The van der Waals surface area contributed by atoms with Gasteiger partial charge in [-0.15, -0.1) is 0 Å². The molecule has 1 heterocycles. The highest BCUT2D eigenvalue weighted by Crippen LogP contribution is 2.42. The minimum absolute atomic E-state index is 0.0152. The Bertz CT molecular complexity index is 1350. The second kappa shape index (κ2) is 12.0. The summed E-state index contributed by atoms with van der Waals surface area (Å²) in [6.07, 6.45) is 8.16. The summed E-state index contributed by atoms with van der Waals surface area (Å²) in [7, 11) is 1.75. The minimum Gasteiger partial charge on any atom is -0.478 e. The number of anilines is 1. The smallest absolute Gasteiger partial charge is 0.328 e. The van der Waals surface area contributed by atoms with Crippen molar-refractivity contribution in [2.24, 2.45) is 16.6 Å². The Morgan fingerprint density at radius 3 is 2.42 bits per heavy atom. The van der Waals surface area contributed by atoms with Gasteiger partial charge < -0.3 is 15.7 Å². The molecule has 4 rings (SSSR count). The second-order valence-electron chi connectivity index (χ2n) is 10.4. The van der Waals surface area contributed by atoms with Crippen LogP contribution in [0.25, 0.3) is 11.6 Å². The first-order valence-electron chi connectivity index (χ1n) is 13.2. The van der Waals surface area contributed by atoms with Gasteiger partial charge in [0, 0.05) is 42.8 Å². The number of nitrogens with zero attached hydrogens (tertiary/aromatic N) is 2. The molecule has 0 bridgehead atoms. The Hall–Kier alpha value is -4.12. The number of fused-ring (bicyclic) bond motifs is 1. The first kappa shape index (κ1) is 26.9. The maximum Gasteiger partial charge on any atom is 0.328 e. The highest BCUT2D eigenvalue weighted by molar-refractivity contribution is 6.09. The number of aliphatic carboxylic acids is 1. The molecule has 3 aromatic carbocycles. The van der Waals surface area contributed by atoms with Crippen LogP contribution in [0.15, 0.2) is 84.0 Å². The average molecular weight is 508 g/mol. The van der Waals surface area contributed by atoms with Crippen molar-refractivity contribution in [3.8, 4) is 0 Å². The summed E-state index contributed by atoms with van der Waals surface area (Å²) >= 11 is 0. The number of allylic oxidation sites excluding steroid dienone is 1. The lowest BCUT2D eigenvalue weighted by Gasteiger charge is -2.44. The monoisotopic (exact) mass is 507 g/mol. The van der Waals surface area contributed by atoms with Crippen molar-refractivity contribution in [2.45, 2.75) is 45.7 Å². The second-order valence-corrected chi connectivity index (χ2v) is 10.4. The van der Waals surface area contributed by atoms with Gasteiger partial charge in [0.2, 0.25) is 0 Å². The third kappa shape index (κ3) is 6.05. The minimum atomic E-state index is -0.953. The molecular weight excluding hydrogens is 470 g/mol. The molecule has 2 atom stereocenters. The molecule has 2 unspecified atom stereocenters. The molecule has 1 aliphatic rings. The van der Waals surface area contributed by atoms with Gasteiger partial charge in [0.25, 0.3) is 0 Å². The fraction of sp³-hybridized carbons (Fsp3) is 0.273. The third-order valence-electron chi connectivity index (χ3n) is 7.04. The number of carboxylic acid groups (broad SMARTS) is 1. The predicted octanol–water partition coefficient (Wildman–Crippen LogP) is 6.52. The Balaban J connectivity index is 1.80. The molecule has 0 amide bonds. The van der Waals surface area contributed by atoms with Crippen LogP contribution in [0, 0.1) is 5.92 Å². The van der Waals surface area contributed by atoms with E-state index < -0.39 is 5.97 Å². The number of rotatable bonds is 8. The van der Waals surface area contributed by atoms with E-state index in [-0.39, 0.29) is 12.1 Å². The molecule has 0 radical (unpaired) electrons. The van der Waals surface area contributed by atoms with E-state index in [4.69, 9.17) is 10.8 Å². The quantitative estimate of drug-likeness (QED) is 0.269. The molecule has 0 aliphatic carbocycles. The lowest BCUT2D eigenvalue weighted by molar-refractivity contribution is -0.131. The zero-order valence-electron chi connectivity index (χ0n) is 22.6. The maximum atomic E-state index is 11.0.